The van der Waals surface area contributed by atoms with Gasteiger partial charge in [-0.3, -0.25) is 0 Å². The van der Waals surface area contributed by atoms with Crippen molar-refractivity contribution in [1.82, 2.24) is 4.57 Å². The van der Waals surface area contributed by atoms with Crippen LogP contribution < -0.4 is 4.90 Å². The van der Waals surface area contributed by atoms with Crippen LogP contribution in [-0.2, 0) is 0 Å². The van der Waals surface area contributed by atoms with Crippen LogP contribution in [0.25, 0.3) is 71.3 Å². The van der Waals surface area contributed by atoms with Crippen LogP contribution in [0.4, 0.5) is 17.1 Å². The highest BCUT2D eigenvalue weighted by molar-refractivity contribution is 6.20. The molecule has 0 unspecified atom stereocenters. The van der Waals surface area contributed by atoms with Crippen molar-refractivity contribution >= 4 is 71.6 Å². The zero-order valence-corrected chi connectivity index (χ0v) is 26.6. The molecule has 0 spiro atoms. The number of furan rings is 1. The third-order valence-corrected chi connectivity index (χ3v) is 9.75. The summed E-state index contributed by atoms with van der Waals surface area (Å²) in [6, 6.07) is 65.0. The fourth-order valence-corrected chi connectivity index (χ4v) is 7.56. The van der Waals surface area contributed by atoms with Gasteiger partial charge in [0.25, 0.3) is 0 Å². The highest BCUT2D eigenvalue weighted by Gasteiger charge is 2.22. The molecule has 0 radical (unpaired) electrons. The third kappa shape index (κ3) is 4.37. The smallest absolute Gasteiger partial charge is 0.145 e. The molecule has 230 valence electrons. The monoisotopic (exact) mass is 626 g/mol. The Labute approximate surface area is 283 Å². The minimum Gasteiger partial charge on any atom is -0.455 e. The van der Waals surface area contributed by atoms with Crippen LogP contribution in [0.15, 0.2) is 186 Å². The summed E-state index contributed by atoms with van der Waals surface area (Å²) in [5.41, 5.74) is 10.9. The molecule has 0 aliphatic rings. The maximum atomic E-state index is 6.67. The van der Waals surface area contributed by atoms with E-state index in [1.165, 1.54) is 32.9 Å². The number of nitrogens with zero attached hydrogens (tertiary/aromatic N) is 2. The lowest BCUT2D eigenvalue weighted by Crippen LogP contribution is -2.10. The maximum Gasteiger partial charge on any atom is 0.145 e. The summed E-state index contributed by atoms with van der Waals surface area (Å²) in [7, 11) is 0. The van der Waals surface area contributed by atoms with E-state index in [1.807, 2.05) is 6.07 Å². The molecule has 3 nitrogen and oxygen atoms in total. The number of rotatable bonds is 5. The Kier molecular flexibility index (Phi) is 6.18. The molecule has 0 aliphatic heterocycles. The molecule has 0 bridgehead atoms. The second-order valence-corrected chi connectivity index (χ2v) is 12.6. The van der Waals surface area contributed by atoms with Gasteiger partial charge in [-0.05, 0) is 83.2 Å². The van der Waals surface area contributed by atoms with Crippen molar-refractivity contribution < 1.29 is 4.42 Å². The molecule has 10 aromatic rings. The lowest BCUT2D eigenvalue weighted by Gasteiger charge is -2.27. The van der Waals surface area contributed by atoms with Crippen LogP contribution in [0.5, 0.6) is 0 Å². The van der Waals surface area contributed by atoms with E-state index in [2.05, 4.69) is 185 Å². The van der Waals surface area contributed by atoms with Crippen LogP contribution in [0.1, 0.15) is 0 Å². The van der Waals surface area contributed by atoms with Crippen molar-refractivity contribution in [2.75, 3.05) is 4.90 Å². The normalized spacial score (nSPS) is 11.7. The van der Waals surface area contributed by atoms with Crippen LogP contribution >= 0.6 is 0 Å². The van der Waals surface area contributed by atoms with Gasteiger partial charge in [0.15, 0.2) is 0 Å². The standard InChI is InChI=1S/C46H30N2O/c1-3-13-31(14-4-1)33-16-11-19-35(29-33)47(43-23-12-15-32-25-27-39-38-21-8-10-24-44(38)49-46(39)45(32)43)36-26-28-42-40(30-36)37-20-7-9-22-41(37)48(42)34-17-5-2-6-18-34/h1-30H. The van der Waals surface area contributed by atoms with Gasteiger partial charge in [0, 0.05) is 44.0 Å². The van der Waals surface area contributed by atoms with E-state index in [9.17, 15) is 0 Å². The summed E-state index contributed by atoms with van der Waals surface area (Å²) in [5.74, 6) is 0. The fourth-order valence-electron chi connectivity index (χ4n) is 7.56. The number of benzene rings is 8. The predicted molar refractivity (Wildman–Crippen MR) is 206 cm³/mol. The maximum absolute atomic E-state index is 6.67. The minimum absolute atomic E-state index is 0.896. The average molecular weight is 627 g/mol. The number of fused-ring (bicyclic) bond motifs is 8. The minimum atomic E-state index is 0.896. The second kappa shape index (κ2) is 11.0. The van der Waals surface area contributed by atoms with E-state index in [4.69, 9.17) is 4.42 Å². The SMILES string of the molecule is c1ccc(-c2cccc(N(c3ccc4c(c3)c3ccccc3n4-c3ccccc3)c3cccc4ccc5c6ccccc6oc5c34)c2)cc1. The van der Waals surface area contributed by atoms with Crippen molar-refractivity contribution in [3.05, 3.63) is 182 Å². The van der Waals surface area contributed by atoms with E-state index >= 15 is 0 Å². The molecule has 2 heterocycles. The van der Waals surface area contributed by atoms with Gasteiger partial charge in [-0.2, -0.15) is 0 Å². The summed E-state index contributed by atoms with van der Waals surface area (Å²) in [6.45, 7) is 0. The number of anilines is 3. The van der Waals surface area contributed by atoms with Gasteiger partial charge in [-0.1, -0.05) is 115 Å². The first-order valence-electron chi connectivity index (χ1n) is 16.7. The molecule has 0 saturated carbocycles. The predicted octanol–water partition coefficient (Wildman–Crippen LogP) is 13.0. The first-order chi connectivity index (χ1) is 24.3. The Morgan fingerprint density at radius 3 is 2.00 bits per heavy atom. The first kappa shape index (κ1) is 27.5. The molecule has 0 amide bonds. The van der Waals surface area contributed by atoms with Crippen molar-refractivity contribution in [3.8, 4) is 16.8 Å². The lowest BCUT2D eigenvalue weighted by atomic mass is 10.0. The van der Waals surface area contributed by atoms with E-state index in [0.29, 0.717) is 0 Å². The van der Waals surface area contributed by atoms with Crippen molar-refractivity contribution in [1.29, 1.82) is 0 Å². The number of hydrogen-bond donors (Lipinski definition) is 0. The van der Waals surface area contributed by atoms with Crippen LogP contribution in [0, 0.1) is 0 Å². The summed E-state index contributed by atoms with van der Waals surface area (Å²) in [4.78, 5) is 2.40. The Morgan fingerprint density at radius 2 is 1.12 bits per heavy atom. The lowest BCUT2D eigenvalue weighted by molar-refractivity contribution is 0.672. The van der Waals surface area contributed by atoms with Crippen molar-refractivity contribution in [2.45, 2.75) is 0 Å². The molecule has 49 heavy (non-hydrogen) atoms. The van der Waals surface area contributed by atoms with Gasteiger partial charge in [-0.25, -0.2) is 0 Å². The highest BCUT2D eigenvalue weighted by Crippen LogP contribution is 2.45. The Balaban J connectivity index is 1.28. The molecule has 0 aliphatic carbocycles. The molecule has 0 atom stereocenters. The summed E-state index contributed by atoms with van der Waals surface area (Å²) < 4.78 is 9.04. The second-order valence-electron chi connectivity index (χ2n) is 12.6. The van der Waals surface area contributed by atoms with E-state index in [1.54, 1.807) is 0 Å². The Bertz CT molecular complexity index is 2830. The largest absolute Gasteiger partial charge is 0.455 e. The van der Waals surface area contributed by atoms with E-state index < -0.39 is 0 Å². The van der Waals surface area contributed by atoms with Crippen molar-refractivity contribution in [3.63, 3.8) is 0 Å². The van der Waals surface area contributed by atoms with Gasteiger partial charge < -0.3 is 13.9 Å². The molecule has 0 N–H and O–H groups in total. The van der Waals surface area contributed by atoms with Crippen molar-refractivity contribution in [2.24, 2.45) is 0 Å². The first-order valence-corrected chi connectivity index (χ1v) is 16.7. The zero-order chi connectivity index (χ0) is 32.3. The number of para-hydroxylation sites is 3. The molecule has 0 fully saturated rings. The van der Waals surface area contributed by atoms with Gasteiger partial charge in [-0.15, -0.1) is 0 Å². The topological polar surface area (TPSA) is 21.3 Å². The quantitative estimate of drug-likeness (QED) is 0.190. The average Bonchev–Trinajstić information content (AvgIpc) is 3.72. The Hall–Kier alpha value is -6.58. The molecule has 3 heteroatoms. The summed E-state index contributed by atoms with van der Waals surface area (Å²) in [5, 5.41) is 6.90. The molecular formula is C46H30N2O. The van der Waals surface area contributed by atoms with Crippen LogP contribution in [0.2, 0.25) is 0 Å². The molecule has 0 saturated heterocycles. The number of hydrogen-bond acceptors (Lipinski definition) is 2. The van der Waals surface area contributed by atoms with Crippen LogP contribution in [-0.4, -0.2) is 4.57 Å². The number of aromatic nitrogens is 1. The molecule has 10 rings (SSSR count). The third-order valence-electron chi connectivity index (χ3n) is 9.75. The van der Waals surface area contributed by atoms with E-state index in [-0.39, 0.29) is 0 Å². The van der Waals surface area contributed by atoms with E-state index in [0.717, 1.165) is 55.5 Å². The van der Waals surface area contributed by atoms with Gasteiger partial charge in [0.2, 0.25) is 0 Å². The van der Waals surface area contributed by atoms with Gasteiger partial charge in [0.05, 0.1) is 16.7 Å². The van der Waals surface area contributed by atoms with Crippen LogP contribution in [0.3, 0.4) is 0 Å². The van der Waals surface area contributed by atoms with Gasteiger partial charge in [0.1, 0.15) is 11.2 Å². The fraction of sp³-hybridized carbons (Fsp3) is 0. The summed E-state index contributed by atoms with van der Waals surface area (Å²) in [6.07, 6.45) is 0. The summed E-state index contributed by atoms with van der Waals surface area (Å²) >= 11 is 0. The molecule has 8 aromatic carbocycles. The molecule has 2 aromatic heterocycles. The zero-order valence-electron chi connectivity index (χ0n) is 26.6. The highest BCUT2D eigenvalue weighted by atomic mass is 16.3. The Morgan fingerprint density at radius 1 is 0.429 bits per heavy atom. The van der Waals surface area contributed by atoms with Gasteiger partial charge >= 0.3 is 0 Å². The molecular weight excluding hydrogens is 597 g/mol.